The van der Waals surface area contributed by atoms with Gasteiger partial charge in [-0.05, 0) is 18.2 Å². The Bertz CT molecular complexity index is 463. The number of nitrogen functional groups attached to an aromatic ring is 1. The lowest BCUT2D eigenvalue weighted by atomic mass is 9.73. The second-order valence-electron chi connectivity index (χ2n) is 5.07. The van der Waals surface area contributed by atoms with Crippen LogP contribution in [0.3, 0.4) is 0 Å². The van der Waals surface area contributed by atoms with Crippen molar-refractivity contribution in [2.75, 3.05) is 36.8 Å². The highest BCUT2D eigenvalue weighted by atomic mass is 19.1. The number of amides is 1. The van der Waals surface area contributed by atoms with E-state index < -0.39 is 0 Å². The molecule has 2 saturated heterocycles. The molecule has 1 spiro atoms. The zero-order valence-electron chi connectivity index (χ0n) is 9.40. The Hall–Kier alpha value is -1.78. The van der Waals surface area contributed by atoms with E-state index in [0.29, 0.717) is 0 Å². The van der Waals surface area contributed by atoms with Gasteiger partial charge in [0.05, 0.1) is 5.69 Å². The molecule has 1 aromatic carbocycles. The fraction of sp³-hybridized carbons (Fsp3) is 0.417. The predicted molar refractivity (Wildman–Crippen MR) is 63.1 cm³/mol. The molecule has 0 atom stereocenters. The van der Waals surface area contributed by atoms with Crippen molar-refractivity contribution < 1.29 is 9.18 Å². The Labute approximate surface area is 98.8 Å². The molecule has 2 fully saturated rings. The number of carbonyl (C=O) groups is 1. The molecule has 1 amide bonds. The smallest absolute Gasteiger partial charge is 0.209 e. The summed E-state index contributed by atoms with van der Waals surface area (Å²) in [6, 6.07) is 4.81. The number of nitrogens with zero attached hydrogens (tertiary/aromatic N) is 2. The van der Waals surface area contributed by atoms with Crippen molar-refractivity contribution in [1.29, 1.82) is 0 Å². The quantitative estimate of drug-likeness (QED) is 0.606. The van der Waals surface area contributed by atoms with E-state index in [2.05, 4.69) is 4.90 Å². The van der Waals surface area contributed by atoms with Crippen LogP contribution in [-0.2, 0) is 4.79 Å². The Morgan fingerprint density at radius 2 is 2.00 bits per heavy atom. The summed E-state index contributed by atoms with van der Waals surface area (Å²) in [5, 5.41) is 0. The van der Waals surface area contributed by atoms with Gasteiger partial charge in [-0.1, -0.05) is 0 Å². The lowest BCUT2D eigenvalue weighted by Gasteiger charge is -2.60. The highest BCUT2D eigenvalue weighted by molar-refractivity contribution is 5.60. The average Bonchev–Trinajstić information content (AvgIpc) is 2.19. The van der Waals surface area contributed by atoms with Crippen LogP contribution in [0.15, 0.2) is 18.2 Å². The molecule has 2 N–H and O–H groups in total. The Kier molecular flexibility index (Phi) is 2.05. The number of nitrogens with two attached hydrogens (primary N) is 1. The third-order valence-corrected chi connectivity index (χ3v) is 3.62. The van der Waals surface area contributed by atoms with E-state index in [-0.39, 0.29) is 16.9 Å². The third-order valence-electron chi connectivity index (χ3n) is 3.62. The predicted octanol–water partition coefficient (Wildman–Crippen LogP) is 0.686. The van der Waals surface area contributed by atoms with Crippen LogP contribution in [0.5, 0.6) is 0 Å². The van der Waals surface area contributed by atoms with Crippen LogP contribution in [0.2, 0.25) is 0 Å². The second kappa shape index (κ2) is 3.35. The van der Waals surface area contributed by atoms with E-state index in [1.165, 1.54) is 6.07 Å². The lowest BCUT2D eigenvalue weighted by molar-refractivity contribution is -0.130. The van der Waals surface area contributed by atoms with Gasteiger partial charge in [0.15, 0.2) is 0 Å². The van der Waals surface area contributed by atoms with Gasteiger partial charge in [-0.2, -0.15) is 0 Å². The van der Waals surface area contributed by atoms with Gasteiger partial charge in [-0.25, -0.2) is 4.39 Å². The van der Waals surface area contributed by atoms with Crippen LogP contribution in [0.4, 0.5) is 15.8 Å². The number of anilines is 2. The van der Waals surface area contributed by atoms with Crippen molar-refractivity contribution in [2.24, 2.45) is 5.41 Å². The number of halogens is 1. The van der Waals surface area contributed by atoms with Gasteiger partial charge in [0, 0.05) is 37.3 Å². The van der Waals surface area contributed by atoms with Crippen LogP contribution in [0, 0.1) is 11.2 Å². The van der Waals surface area contributed by atoms with Crippen LogP contribution in [-0.4, -0.2) is 37.5 Å². The molecule has 4 nitrogen and oxygen atoms in total. The minimum Gasteiger partial charge on any atom is -0.396 e. The molecule has 2 heterocycles. The summed E-state index contributed by atoms with van der Waals surface area (Å²) in [6.45, 7) is 3.51. The SMILES string of the molecule is Nc1cc(N2CC3(CN(C=O)C3)C2)ccc1F. The standard InChI is InChI=1S/C12H14FN3O/c13-10-2-1-9(3-11(10)14)16-6-12(7-16)4-15(5-12)8-17/h1-3,8H,4-7,14H2. The molecule has 0 radical (unpaired) electrons. The van der Waals surface area contributed by atoms with Crippen molar-refractivity contribution >= 4 is 17.8 Å². The first-order valence-electron chi connectivity index (χ1n) is 5.61. The van der Waals surface area contributed by atoms with E-state index in [1.807, 2.05) is 0 Å². The van der Waals surface area contributed by atoms with Gasteiger partial charge < -0.3 is 15.5 Å². The Morgan fingerprint density at radius 1 is 1.29 bits per heavy atom. The largest absolute Gasteiger partial charge is 0.396 e. The summed E-state index contributed by atoms with van der Waals surface area (Å²) in [7, 11) is 0. The fourth-order valence-electron chi connectivity index (χ4n) is 2.76. The molecule has 0 aliphatic carbocycles. The van der Waals surface area contributed by atoms with Crippen molar-refractivity contribution in [3.05, 3.63) is 24.0 Å². The summed E-state index contributed by atoms with van der Waals surface area (Å²) < 4.78 is 13.0. The first-order valence-corrected chi connectivity index (χ1v) is 5.61. The topological polar surface area (TPSA) is 49.6 Å². The summed E-state index contributed by atoms with van der Waals surface area (Å²) in [5.74, 6) is -0.375. The number of hydrogen-bond donors (Lipinski definition) is 1. The molecule has 0 bridgehead atoms. The zero-order valence-corrected chi connectivity index (χ0v) is 9.40. The van der Waals surface area contributed by atoms with Crippen LogP contribution < -0.4 is 10.6 Å². The molecule has 0 unspecified atom stereocenters. The maximum absolute atomic E-state index is 13.0. The van der Waals surface area contributed by atoms with Crippen molar-refractivity contribution in [1.82, 2.24) is 4.90 Å². The minimum absolute atomic E-state index is 0.187. The van der Waals surface area contributed by atoms with Crippen LogP contribution in [0.1, 0.15) is 0 Å². The number of likely N-dealkylation sites (tertiary alicyclic amines) is 1. The number of benzene rings is 1. The van der Waals surface area contributed by atoms with Gasteiger partial charge in [-0.15, -0.1) is 0 Å². The number of carbonyl (C=O) groups excluding carboxylic acids is 1. The normalized spacial score (nSPS) is 21.0. The maximum Gasteiger partial charge on any atom is 0.209 e. The molecular formula is C12H14FN3O. The number of rotatable bonds is 2. The van der Waals surface area contributed by atoms with E-state index >= 15 is 0 Å². The van der Waals surface area contributed by atoms with Gasteiger partial charge >= 0.3 is 0 Å². The lowest BCUT2D eigenvalue weighted by Crippen LogP contribution is -2.71. The molecule has 0 aromatic heterocycles. The summed E-state index contributed by atoms with van der Waals surface area (Å²) >= 11 is 0. The number of hydrogen-bond acceptors (Lipinski definition) is 3. The molecule has 90 valence electrons. The van der Waals surface area contributed by atoms with Crippen LogP contribution >= 0.6 is 0 Å². The molecule has 2 aliphatic heterocycles. The average molecular weight is 235 g/mol. The molecule has 0 saturated carbocycles. The molecule has 3 rings (SSSR count). The highest BCUT2D eigenvalue weighted by Gasteiger charge is 2.51. The third kappa shape index (κ3) is 1.53. The molecule has 17 heavy (non-hydrogen) atoms. The molecule has 5 heteroatoms. The van der Waals surface area contributed by atoms with Gasteiger partial charge in [0.2, 0.25) is 6.41 Å². The zero-order chi connectivity index (χ0) is 12.0. The molecular weight excluding hydrogens is 221 g/mol. The van der Waals surface area contributed by atoms with Gasteiger partial charge in [0.25, 0.3) is 0 Å². The molecule has 1 aromatic rings. The minimum atomic E-state index is -0.375. The second-order valence-corrected chi connectivity index (χ2v) is 5.07. The molecule has 2 aliphatic rings. The summed E-state index contributed by atoms with van der Waals surface area (Å²) in [4.78, 5) is 14.4. The monoisotopic (exact) mass is 235 g/mol. The Balaban J connectivity index is 1.65. The summed E-state index contributed by atoms with van der Waals surface area (Å²) in [6.07, 6.45) is 0.893. The first-order chi connectivity index (χ1) is 8.12. The Morgan fingerprint density at radius 3 is 2.59 bits per heavy atom. The van der Waals surface area contributed by atoms with Gasteiger partial charge in [-0.3, -0.25) is 4.79 Å². The van der Waals surface area contributed by atoms with E-state index in [0.717, 1.165) is 38.3 Å². The summed E-state index contributed by atoms with van der Waals surface area (Å²) in [5.41, 5.74) is 6.95. The maximum atomic E-state index is 13.0. The van der Waals surface area contributed by atoms with Crippen molar-refractivity contribution in [3.63, 3.8) is 0 Å². The van der Waals surface area contributed by atoms with Crippen LogP contribution in [0.25, 0.3) is 0 Å². The van der Waals surface area contributed by atoms with E-state index in [1.54, 1.807) is 17.0 Å². The highest BCUT2D eigenvalue weighted by Crippen LogP contribution is 2.41. The first kappa shape index (κ1) is 10.4. The van der Waals surface area contributed by atoms with Gasteiger partial charge in [0.1, 0.15) is 5.82 Å². The fourth-order valence-corrected chi connectivity index (χ4v) is 2.76. The van der Waals surface area contributed by atoms with Crippen molar-refractivity contribution in [3.8, 4) is 0 Å². The van der Waals surface area contributed by atoms with Crippen molar-refractivity contribution in [2.45, 2.75) is 0 Å². The van der Waals surface area contributed by atoms with E-state index in [4.69, 9.17) is 5.73 Å². The van der Waals surface area contributed by atoms with E-state index in [9.17, 15) is 9.18 Å².